The molecular weight excluding hydrogens is 324 g/mol. The van der Waals surface area contributed by atoms with E-state index in [1.165, 1.54) is 0 Å². The number of hydrogen-bond acceptors (Lipinski definition) is 4. The topological polar surface area (TPSA) is 49.2 Å². The van der Waals surface area contributed by atoms with Crippen molar-refractivity contribution < 1.29 is 13.9 Å². The number of phenols is 1. The Kier molecular flexibility index (Phi) is 5.07. The van der Waals surface area contributed by atoms with E-state index >= 15 is 0 Å². The van der Waals surface area contributed by atoms with Crippen molar-refractivity contribution in [1.29, 1.82) is 0 Å². The molecule has 6 heteroatoms. The monoisotopic (exact) mass is 343 g/mol. The Bertz CT molecular complexity index is 870. The van der Waals surface area contributed by atoms with Crippen LogP contribution in [0.4, 0.5) is 14.6 Å². The molecule has 0 aliphatic heterocycles. The molecule has 0 spiro atoms. The number of alkyl halides is 2. The predicted octanol–water partition coefficient (Wildman–Crippen LogP) is 4.69. The van der Waals surface area contributed by atoms with Gasteiger partial charge < -0.3 is 10.0 Å². The minimum atomic E-state index is -2.74. The summed E-state index contributed by atoms with van der Waals surface area (Å²) < 4.78 is 26.5. The van der Waals surface area contributed by atoms with Crippen LogP contribution in [0.25, 0.3) is 10.9 Å². The lowest BCUT2D eigenvalue weighted by molar-refractivity contribution is 0.141. The Morgan fingerprint density at radius 2 is 1.76 bits per heavy atom. The summed E-state index contributed by atoms with van der Waals surface area (Å²) in [5, 5.41) is 10.8. The van der Waals surface area contributed by atoms with Crippen molar-refractivity contribution in [3.63, 3.8) is 0 Å². The number of aromatic nitrogens is 2. The molecule has 3 aromatic rings. The van der Waals surface area contributed by atoms with E-state index in [4.69, 9.17) is 0 Å². The van der Waals surface area contributed by atoms with Gasteiger partial charge >= 0.3 is 0 Å². The van der Waals surface area contributed by atoms with Crippen LogP contribution < -0.4 is 4.90 Å². The van der Waals surface area contributed by atoms with Crippen LogP contribution >= 0.6 is 0 Å². The molecule has 25 heavy (non-hydrogen) atoms. The molecule has 3 rings (SSSR count). The minimum Gasteiger partial charge on any atom is -0.508 e. The van der Waals surface area contributed by atoms with Crippen LogP contribution in [-0.4, -0.2) is 21.6 Å². The number of rotatable bonds is 6. The van der Waals surface area contributed by atoms with Crippen molar-refractivity contribution in [3.05, 3.63) is 59.9 Å². The molecule has 0 bridgehead atoms. The highest BCUT2D eigenvalue weighted by Crippen LogP contribution is 2.29. The number of anilines is 1. The summed E-state index contributed by atoms with van der Waals surface area (Å²) in [4.78, 5) is 10.0. The van der Waals surface area contributed by atoms with Crippen LogP contribution in [-0.2, 0) is 6.54 Å². The quantitative estimate of drug-likeness (QED) is 0.705. The fourth-order valence-electron chi connectivity index (χ4n) is 2.80. The summed E-state index contributed by atoms with van der Waals surface area (Å²) in [7, 11) is 0. The summed E-state index contributed by atoms with van der Waals surface area (Å²) >= 11 is 0. The molecule has 1 heterocycles. The highest BCUT2D eigenvalue weighted by molar-refractivity contribution is 5.89. The first-order chi connectivity index (χ1) is 12.1. The van der Waals surface area contributed by atoms with Gasteiger partial charge in [0.1, 0.15) is 11.6 Å². The normalized spacial score (nSPS) is 11.2. The molecule has 0 unspecified atom stereocenters. The SMILES string of the molecule is CCCN(Cc1ccccc1O)c1nc(C(F)F)nc2ccccc12. The molecule has 1 aromatic heterocycles. The number of benzene rings is 2. The van der Waals surface area contributed by atoms with E-state index in [9.17, 15) is 13.9 Å². The Hall–Kier alpha value is -2.76. The van der Waals surface area contributed by atoms with Crippen LogP contribution in [0.15, 0.2) is 48.5 Å². The third kappa shape index (κ3) is 3.68. The Balaban J connectivity index is 2.10. The average molecular weight is 343 g/mol. The first-order valence-electron chi connectivity index (χ1n) is 8.16. The number of hydrogen-bond donors (Lipinski definition) is 1. The zero-order valence-electron chi connectivity index (χ0n) is 13.9. The molecule has 0 aliphatic rings. The second-order valence-corrected chi connectivity index (χ2v) is 5.77. The zero-order chi connectivity index (χ0) is 17.8. The van der Waals surface area contributed by atoms with Gasteiger partial charge in [-0.25, -0.2) is 18.7 Å². The first-order valence-corrected chi connectivity index (χ1v) is 8.16. The van der Waals surface area contributed by atoms with Crippen LogP contribution in [0.1, 0.15) is 31.2 Å². The van der Waals surface area contributed by atoms with Gasteiger partial charge in [0.25, 0.3) is 6.43 Å². The van der Waals surface area contributed by atoms with Gasteiger partial charge in [-0.15, -0.1) is 0 Å². The number of halogens is 2. The van der Waals surface area contributed by atoms with Gasteiger partial charge in [0, 0.05) is 24.0 Å². The van der Waals surface area contributed by atoms with Crippen LogP contribution in [0.3, 0.4) is 0 Å². The molecule has 0 amide bonds. The predicted molar refractivity (Wildman–Crippen MR) is 93.9 cm³/mol. The third-order valence-electron chi connectivity index (χ3n) is 3.94. The molecular formula is C19H19F2N3O. The molecule has 1 N–H and O–H groups in total. The third-order valence-corrected chi connectivity index (χ3v) is 3.94. The molecule has 130 valence electrons. The van der Waals surface area contributed by atoms with Gasteiger partial charge in [-0.05, 0) is 24.6 Å². The van der Waals surface area contributed by atoms with Crippen molar-refractivity contribution >= 4 is 16.7 Å². The van der Waals surface area contributed by atoms with E-state index in [-0.39, 0.29) is 5.75 Å². The highest BCUT2D eigenvalue weighted by Gasteiger charge is 2.19. The minimum absolute atomic E-state index is 0.177. The molecule has 2 aromatic carbocycles. The van der Waals surface area contributed by atoms with E-state index < -0.39 is 12.2 Å². The second-order valence-electron chi connectivity index (χ2n) is 5.77. The van der Waals surface area contributed by atoms with E-state index in [1.54, 1.807) is 24.3 Å². The molecule has 0 fully saturated rings. The van der Waals surface area contributed by atoms with Gasteiger partial charge in [0.15, 0.2) is 5.82 Å². The van der Waals surface area contributed by atoms with Gasteiger partial charge in [0.2, 0.25) is 0 Å². The Morgan fingerprint density at radius 1 is 1.04 bits per heavy atom. The number of phenolic OH excluding ortho intramolecular Hbond substituents is 1. The van der Waals surface area contributed by atoms with Crippen LogP contribution in [0, 0.1) is 0 Å². The van der Waals surface area contributed by atoms with Gasteiger partial charge in [-0.1, -0.05) is 37.3 Å². The first kappa shape index (κ1) is 17.1. The summed E-state index contributed by atoms with van der Waals surface area (Å²) in [5.41, 5.74) is 1.21. The maximum Gasteiger partial charge on any atom is 0.297 e. The van der Waals surface area contributed by atoms with E-state index in [0.717, 1.165) is 17.4 Å². The molecule has 0 atom stereocenters. The van der Waals surface area contributed by atoms with E-state index in [2.05, 4.69) is 9.97 Å². The summed E-state index contributed by atoms with van der Waals surface area (Å²) in [6.07, 6.45) is -1.92. The van der Waals surface area contributed by atoms with Gasteiger partial charge in [-0.3, -0.25) is 0 Å². The number of fused-ring (bicyclic) bond motifs is 1. The van der Waals surface area contributed by atoms with Crippen molar-refractivity contribution in [2.75, 3.05) is 11.4 Å². The summed E-state index contributed by atoms with van der Waals surface area (Å²) in [5.74, 6) is 0.161. The highest BCUT2D eigenvalue weighted by atomic mass is 19.3. The fraction of sp³-hybridized carbons (Fsp3) is 0.263. The van der Waals surface area contributed by atoms with Crippen LogP contribution in [0.5, 0.6) is 5.75 Å². The second kappa shape index (κ2) is 7.42. The molecule has 0 saturated carbocycles. The Morgan fingerprint density at radius 3 is 2.48 bits per heavy atom. The molecule has 0 saturated heterocycles. The molecule has 0 aliphatic carbocycles. The van der Waals surface area contributed by atoms with Gasteiger partial charge in [0.05, 0.1) is 5.52 Å². The van der Waals surface area contributed by atoms with E-state index in [0.29, 0.717) is 24.4 Å². The lowest BCUT2D eigenvalue weighted by Gasteiger charge is -2.25. The lowest BCUT2D eigenvalue weighted by Crippen LogP contribution is -2.25. The standard InChI is InChI=1S/C19H19F2N3O/c1-2-11-24(12-13-7-3-6-10-16(13)25)19-14-8-4-5-9-15(14)22-18(23-19)17(20)21/h3-10,17,25H,2,11-12H2,1H3. The maximum atomic E-state index is 13.2. The molecule has 0 radical (unpaired) electrons. The van der Waals surface area contributed by atoms with E-state index in [1.807, 2.05) is 36.1 Å². The fourth-order valence-corrected chi connectivity index (χ4v) is 2.80. The Labute approximate surface area is 144 Å². The molecule has 4 nitrogen and oxygen atoms in total. The maximum absolute atomic E-state index is 13.2. The number of nitrogens with zero attached hydrogens (tertiary/aromatic N) is 3. The smallest absolute Gasteiger partial charge is 0.297 e. The van der Waals surface area contributed by atoms with Gasteiger partial charge in [-0.2, -0.15) is 0 Å². The summed E-state index contributed by atoms with van der Waals surface area (Å²) in [6, 6.07) is 14.1. The number of para-hydroxylation sites is 2. The van der Waals surface area contributed by atoms with Crippen molar-refractivity contribution in [3.8, 4) is 5.75 Å². The van der Waals surface area contributed by atoms with Crippen LogP contribution in [0.2, 0.25) is 0 Å². The summed E-state index contributed by atoms with van der Waals surface area (Å²) in [6.45, 7) is 3.01. The number of aromatic hydroxyl groups is 1. The van der Waals surface area contributed by atoms with Crippen molar-refractivity contribution in [2.24, 2.45) is 0 Å². The zero-order valence-corrected chi connectivity index (χ0v) is 13.9. The van der Waals surface area contributed by atoms with Crippen molar-refractivity contribution in [1.82, 2.24) is 9.97 Å². The average Bonchev–Trinajstić information content (AvgIpc) is 2.62. The van der Waals surface area contributed by atoms with Crippen molar-refractivity contribution in [2.45, 2.75) is 26.3 Å². The lowest BCUT2D eigenvalue weighted by atomic mass is 10.1. The largest absolute Gasteiger partial charge is 0.508 e.